The van der Waals surface area contributed by atoms with E-state index in [1.54, 1.807) is 0 Å². The van der Waals surface area contributed by atoms with E-state index in [9.17, 15) is 9.90 Å². The molecule has 116 valence electrons. The van der Waals surface area contributed by atoms with E-state index in [0.717, 1.165) is 44.5 Å². The van der Waals surface area contributed by atoms with Crippen LogP contribution in [0.5, 0.6) is 0 Å². The predicted molar refractivity (Wildman–Crippen MR) is 82.3 cm³/mol. The number of nitrogens with one attached hydrogen (secondary N) is 1. The van der Waals surface area contributed by atoms with Crippen molar-refractivity contribution in [1.29, 1.82) is 0 Å². The topological polar surface area (TPSA) is 58.6 Å². The van der Waals surface area contributed by atoms with Crippen LogP contribution in [0.4, 0.5) is 0 Å². The summed E-state index contributed by atoms with van der Waals surface area (Å²) in [7, 11) is 0. The molecule has 2 fully saturated rings. The Labute approximate surface area is 126 Å². The summed E-state index contributed by atoms with van der Waals surface area (Å²) in [6.45, 7) is 4.98. The minimum Gasteiger partial charge on any atom is -0.480 e. The largest absolute Gasteiger partial charge is 0.480 e. The summed E-state index contributed by atoms with van der Waals surface area (Å²) in [6, 6.07) is 0.432. The standard InChI is InChI=1S/C15H27NO3S/c1-3-15(14(17)18,16-12-5-6-12)8-4-10-20-13-7-9-19-11(13)2/h11-13,16H,3-10H2,1-2H3,(H,17,18). The van der Waals surface area contributed by atoms with E-state index in [4.69, 9.17) is 4.74 Å². The van der Waals surface area contributed by atoms with Crippen LogP contribution in [0.3, 0.4) is 0 Å². The highest BCUT2D eigenvalue weighted by Crippen LogP contribution is 2.30. The highest BCUT2D eigenvalue weighted by molar-refractivity contribution is 7.99. The fourth-order valence-electron chi connectivity index (χ4n) is 2.83. The first-order chi connectivity index (χ1) is 9.57. The molecular weight excluding hydrogens is 274 g/mol. The van der Waals surface area contributed by atoms with Crippen LogP contribution in [0.1, 0.15) is 52.4 Å². The Balaban J connectivity index is 1.74. The highest BCUT2D eigenvalue weighted by atomic mass is 32.2. The molecule has 0 radical (unpaired) electrons. The summed E-state index contributed by atoms with van der Waals surface area (Å²) in [4.78, 5) is 11.6. The molecule has 2 rings (SSSR count). The molecule has 3 atom stereocenters. The molecule has 0 aromatic heterocycles. The molecule has 4 nitrogen and oxygen atoms in total. The van der Waals surface area contributed by atoms with E-state index in [2.05, 4.69) is 12.2 Å². The van der Waals surface area contributed by atoms with Crippen molar-refractivity contribution in [1.82, 2.24) is 5.32 Å². The van der Waals surface area contributed by atoms with Gasteiger partial charge < -0.3 is 9.84 Å². The Bertz CT molecular complexity index is 335. The maximum atomic E-state index is 11.6. The van der Waals surface area contributed by atoms with Crippen molar-refractivity contribution in [3.05, 3.63) is 0 Å². The highest BCUT2D eigenvalue weighted by Gasteiger charge is 2.40. The average molecular weight is 301 g/mol. The average Bonchev–Trinajstić information content (AvgIpc) is 3.14. The summed E-state index contributed by atoms with van der Waals surface area (Å²) < 4.78 is 5.56. The third-order valence-electron chi connectivity index (χ3n) is 4.46. The van der Waals surface area contributed by atoms with Crippen LogP contribution in [-0.2, 0) is 9.53 Å². The van der Waals surface area contributed by atoms with Crippen LogP contribution in [0.25, 0.3) is 0 Å². The number of carboxylic acids is 1. The molecule has 20 heavy (non-hydrogen) atoms. The molecule has 3 unspecified atom stereocenters. The van der Waals surface area contributed by atoms with Gasteiger partial charge in [-0.2, -0.15) is 11.8 Å². The number of aliphatic carboxylic acids is 1. The first kappa shape index (κ1) is 16.1. The smallest absolute Gasteiger partial charge is 0.323 e. The van der Waals surface area contributed by atoms with Gasteiger partial charge in [0.15, 0.2) is 0 Å². The van der Waals surface area contributed by atoms with Gasteiger partial charge in [0.2, 0.25) is 0 Å². The molecule has 0 amide bonds. The molecule has 0 bridgehead atoms. The molecule has 1 aliphatic carbocycles. The molecule has 2 aliphatic rings. The van der Waals surface area contributed by atoms with Crippen molar-refractivity contribution in [2.45, 2.75) is 75.3 Å². The summed E-state index contributed by atoms with van der Waals surface area (Å²) >= 11 is 1.94. The summed E-state index contributed by atoms with van der Waals surface area (Å²) in [5, 5.41) is 13.5. The van der Waals surface area contributed by atoms with Gasteiger partial charge in [-0.1, -0.05) is 6.92 Å². The number of rotatable bonds is 9. The van der Waals surface area contributed by atoms with Crippen molar-refractivity contribution in [3.63, 3.8) is 0 Å². The third-order valence-corrected chi connectivity index (χ3v) is 6.03. The monoisotopic (exact) mass is 301 g/mol. The van der Waals surface area contributed by atoms with E-state index in [-0.39, 0.29) is 0 Å². The van der Waals surface area contributed by atoms with Crippen molar-refractivity contribution in [2.24, 2.45) is 0 Å². The second-order valence-corrected chi connectivity index (χ2v) is 7.38. The molecule has 2 N–H and O–H groups in total. The SMILES string of the molecule is CCC(CCCSC1CCOC1C)(NC1CC1)C(=O)O. The molecule has 1 aliphatic heterocycles. The van der Waals surface area contributed by atoms with Crippen LogP contribution in [0.2, 0.25) is 0 Å². The Morgan fingerprint density at radius 2 is 2.20 bits per heavy atom. The third kappa shape index (κ3) is 4.12. The van der Waals surface area contributed by atoms with E-state index in [1.807, 2.05) is 18.7 Å². The molecule has 0 spiro atoms. The van der Waals surface area contributed by atoms with E-state index in [1.165, 1.54) is 0 Å². The van der Waals surface area contributed by atoms with Gasteiger partial charge in [0, 0.05) is 17.9 Å². The number of thioether (sulfide) groups is 1. The number of hydrogen-bond donors (Lipinski definition) is 2. The first-order valence-electron chi connectivity index (χ1n) is 7.81. The molecule has 1 saturated heterocycles. The molecule has 5 heteroatoms. The normalized spacial score (nSPS) is 29.3. The minimum absolute atomic E-state index is 0.347. The van der Waals surface area contributed by atoms with Crippen LogP contribution in [0.15, 0.2) is 0 Å². The quantitative estimate of drug-likeness (QED) is 0.641. The van der Waals surface area contributed by atoms with Gasteiger partial charge in [0.1, 0.15) is 5.54 Å². The van der Waals surface area contributed by atoms with E-state index < -0.39 is 11.5 Å². The second-order valence-electron chi connectivity index (χ2n) is 6.04. The maximum Gasteiger partial charge on any atom is 0.323 e. The molecule has 1 saturated carbocycles. The Morgan fingerprint density at radius 3 is 2.70 bits per heavy atom. The Morgan fingerprint density at radius 1 is 1.45 bits per heavy atom. The van der Waals surface area contributed by atoms with E-state index in [0.29, 0.717) is 23.8 Å². The number of ether oxygens (including phenoxy) is 1. The minimum atomic E-state index is -0.709. The molecule has 1 heterocycles. The lowest BCUT2D eigenvalue weighted by atomic mass is 9.90. The number of carbonyl (C=O) groups is 1. The summed E-state index contributed by atoms with van der Waals surface area (Å²) in [5.41, 5.74) is -0.709. The second kappa shape index (κ2) is 7.14. The van der Waals surface area contributed by atoms with Gasteiger partial charge in [0.05, 0.1) is 6.10 Å². The fourth-order valence-corrected chi connectivity index (χ4v) is 4.06. The fraction of sp³-hybridized carbons (Fsp3) is 0.933. The number of carboxylic acid groups (broad SMARTS) is 1. The first-order valence-corrected chi connectivity index (χ1v) is 8.86. The zero-order valence-electron chi connectivity index (χ0n) is 12.6. The lowest BCUT2D eigenvalue weighted by Crippen LogP contribution is -2.52. The lowest BCUT2D eigenvalue weighted by molar-refractivity contribution is -0.145. The predicted octanol–water partition coefficient (Wildman–Crippen LogP) is 2.66. The van der Waals surface area contributed by atoms with Gasteiger partial charge in [-0.15, -0.1) is 0 Å². The van der Waals surface area contributed by atoms with Crippen molar-refractivity contribution in [2.75, 3.05) is 12.4 Å². The lowest BCUT2D eigenvalue weighted by Gasteiger charge is -2.30. The molecule has 0 aromatic carbocycles. The van der Waals surface area contributed by atoms with E-state index >= 15 is 0 Å². The van der Waals surface area contributed by atoms with Gasteiger partial charge in [-0.25, -0.2) is 0 Å². The van der Waals surface area contributed by atoms with Crippen LogP contribution >= 0.6 is 11.8 Å². The summed E-state index contributed by atoms with van der Waals surface area (Å²) in [5.74, 6) is 0.342. The number of hydrogen-bond acceptors (Lipinski definition) is 4. The Kier molecular flexibility index (Phi) is 5.75. The Hall–Kier alpha value is -0.260. The van der Waals surface area contributed by atoms with Crippen molar-refractivity contribution < 1.29 is 14.6 Å². The van der Waals surface area contributed by atoms with Gasteiger partial charge >= 0.3 is 5.97 Å². The maximum absolute atomic E-state index is 11.6. The van der Waals surface area contributed by atoms with Crippen molar-refractivity contribution >= 4 is 17.7 Å². The summed E-state index contributed by atoms with van der Waals surface area (Å²) in [6.07, 6.45) is 6.07. The van der Waals surface area contributed by atoms with Crippen LogP contribution in [-0.4, -0.2) is 46.4 Å². The molecule has 0 aromatic rings. The van der Waals surface area contributed by atoms with Gasteiger partial charge in [0.25, 0.3) is 0 Å². The van der Waals surface area contributed by atoms with Crippen LogP contribution < -0.4 is 5.32 Å². The zero-order chi connectivity index (χ0) is 14.6. The van der Waals surface area contributed by atoms with Crippen LogP contribution in [0, 0.1) is 0 Å². The van der Waals surface area contributed by atoms with Crippen molar-refractivity contribution in [3.8, 4) is 0 Å². The van der Waals surface area contributed by atoms with Gasteiger partial charge in [-0.3, -0.25) is 10.1 Å². The zero-order valence-corrected chi connectivity index (χ0v) is 13.4. The molecular formula is C15H27NO3S. The van der Waals surface area contributed by atoms with Gasteiger partial charge in [-0.05, 0) is 51.2 Å².